The van der Waals surface area contributed by atoms with Gasteiger partial charge in [-0.3, -0.25) is 0 Å². The average molecular weight is 406 g/mol. The van der Waals surface area contributed by atoms with E-state index in [4.69, 9.17) is 9.47 Å². The summed E-state index contributed by atoms with van der Waals surface area (Å²) in [5.41, 5.74) is 4.07. The fourth-order valence-electron chi connectivity index (χ4n) is 3.26. The molecule has 148 valence electrons. The number of rotatable bonds is 7. The summed E-state index contributed by atoms with van der Waals surface area (Å²) >= 11 is 1.35. The van der Waals surface area contributed by atoms with E-state index in [1.165, 1.54) is 11.3 Å². The molecule has 0 aliphatic heterocycles. The van der Waals surface area contributed by atoms with Gasteiger partial charge in [-0.25, -0.2) is 4.79 Å². The van der Waals surface area contributed by atoms with Gasteiger partial charge >= 0.3 is 5.97 Å². The molecule has 0 N–H and O–H groups in total. The quantitative estimate of drug-likeness (QED) is 0.446. The predicted octanol–water partition coefficient (Wildman–Crippen LogP) is 6.09. The molecule has 0 amide bonds. The van der Waals surface area contributed by atoms with E-state index < -0.39 is 0 Å². The molecule has 3 aromatic rings. The Balaban J connectivity index is 2.08. The zero-order chi connectivity index (χ0) is 20.8. The van der Waals surface area contributed by atoms with Gasteiger partial charge in [0, 0.05) is 16.0 Å². The molecule has 0 aliphatic rings. The van der Waals surface area contributed by atoms with Crippen LogP contribution in [-0.2, 0) is 11.2 Å². The summed E-state index contributed by atoms with van der Waals surface area (Å²) in [6.07, 6.45) is 0.694. The van der Waals surface area contributed by atoms with Crippen LogP contribution in [0.15, 0.2) is 48.5 Å². The Morgan fingerprint density at radius 1 is 1.00 bits per heavy atom. The van der Waals surface area contributed by atoms with Crippen LogP contribution in [0.3, 0.4) is 0 Å². The first-order valence-electron chi connectivity index (χ1n) is 9.70. The fourth-order valence-corrected chi connectivity index (χ4v) is 4.37. The molecule has 0 saturated heterocycles. The summed E-state index contributed by atoms with van der Waals surface area (Å²) in [5, 5.41) is 9.73. The van der Waals surface area contributed by atoms with E-state index in [0.717, 1.165) is 27.3 Å². The molecule has 2 aromatic carbocycles. The number of hydrogen-bond donors (Lipinski definition) is 0. The van der Waals surface area contributed by atoms with Crippen molar-refractivity contribution >= 4 is 17.3 Å². The van der Waals surface area contributed by atoms with E-state index in [9.17, 15) is 10.1 Å². The van der Waals surface area contributed by atoms with Crippen LogP contribution in [0.25, 0.3) is 22.3 Å². The zero-order valence-corrected chi connectivity index (χ0v) is 17.6. The summed E-state index contributed by atoms with van der Waals surface area (Å²) in [6, 6.07) is 18.1. The van der Waals surface area contributed by atoms with Crippen molar-refractivity contribution in [1.82, 2.24) is 0 Å². The van der Waals surface area contributed by atoms with Crippen LogP contribution in [-0.4, -0.2) is 19.2 Å². The van der Waals surface area contributed by atoms with Crippen molar-refractivity contribution in [2.75, 3.05) is 13.2 Å². The van der Waals surface area contributed by atoms with Gasteiger partial charge < -0.3 is 9.47 Å². The van der Waals surface area contributed by atoms with Gasteiger partial charge in [0.1, 0.15) is 16.7 Å². The van der Waals surface area contributed by atoms with E-state index in [1.807, 2.05) is 62.4 Å². The Hall–Kier alpha value is -3.10. The van der Waals surface area contributed by atoms with Crippen molar-refractivity contribution in [1.29, 1.82) is 5.26 Å². The monoisotopic (exact) mass is 405 g/mol. The van der Waals surface area contributed by atoms with E-state index in [0.29, 0.717) is 35.6 Å². The van der Waals surface area contributed by atoms with Crippen molar-refractivity contribution in [3.05, 3.63) is 63.8 Å². The van der Waals surface area contributed by atoms with Gasteiger partial charge in [-0.15, -0.1) is 11.3 Å². The van der Waals surface area contributed by atoms with Crippen LogP contribution in [0.4, 0.5) is 0 Å². The maximum absolute atomic E-state index is 12.5. The van der Waals surface area contributed by atoms with Gasteiger partial charge in [0.05, 0.1) is 18.8 Å². The Morgan fingerprint density at radius 3 is 2.31 bits per heavy atom. The number of nitriles is 1. The molecule has 0 atom stereocenters. The van der Waals surface area contributed by atoms with Gasteiger partial charge in [0.2, 0.25) is 0 Å². The molecular formula is C24H23NO3S. The van der Waals surface area contributed by atoms with E-state index in [1.54, 1.807) is 6.92 Å². The summed E-state index contributed by atoms with van der Waals surface area (Å²) in [4.78, 5) is 13.9. The maximum atomic E-state index is 12.5. The first-order valence-corrected chi connectivity index (χ1v) is 10.5. The lowest BCUT2D eigenvalue weighted by Gasteiger charge is -2.11. The molecule has 3 rings (SSSR count). The van der Waals surface area contributed by atoms with Crippen molar-refractivity contribution < 1.29 is 14.3 Å². The highest BCUT2D eigenvalue weighted by Gasteiger charge is 2.24. The minimum atomic E-state index is -0.380. The third-order valence-electron chi connectivity index (χ3n) is 4.55. The predicted molar refractivity (Wildman–Crippen MR) is 116 cm³/mol. The number of carbonyl (C=O) groups excluding carboxylic acids is 1. The summed E-state index contributed by atoms with van der Waals surface area (Å²) < 4.78 is 11.0. The minimum absolute atomic E-state index is 0.298. The van der Waals surface area contributed by atoms with Gasteiger partial charge in [-0.05, 0) is 37.5 Å². The number of carbonyl (C=O) groups is 1. The first-order chi connectivity index (χ1) is 14.1. The Kier molecular flexibility index (Phi) is 6.69. The maximum Gasteiger partial charge on any atom is 0.348 e. The molecule has 0 aliphatic carbocycles. The second kappa shape index (κ2) is 9.40. The number of para-hydroxylation sites is 1. The fraction of sp³-hybridized carbons (Fsp3) is 0.250. The number of hydrogen-bond acceptors (Lipinski definition) is 5. The molecule has 0 unspecified atom stereocenters. The van der Waals surface area contributed by atoms with Crippen LogP contribution in [0, 0.1) is 11.3 Å². The van der Waals surface area contributed by atoms with Crippen LogP contribution in [0.1, 0.15) is 40.9 Å². The lowest BCUT2D eigenvalue weighted by Crippen LogP contribution is -2.04. The summed E-state index contributed by atoms with van der Waals surface area (Å²) in [6.45, 7) is 6.62. The second-order valence-electron chi connectivity index (χ2n) is 6.30. The van der Waals surface area contributed by atoms with Gasteiger partial charge in [-0.1, -0.05) is 49.4 Å². The van der Waals surface area contributed by atoms with E-state index >= 15 is 0 Å². The van der Waals surface area contributed by atoms with Crippen molar-refractivity contribution in [2.24, 2.45) is 0 Å². The number of aryl methyl sites for hydroxylation is 1. The number of nitrogens with zero attached hydrogens (tertiary/aromatic N) is 1. The number of ether oxygens (including phenoxy) is 2. The molecule has 0 radical (unpaired) electrons. The molecule has 0 bridgehead atoms. The Labute approximate surface area is 175 Å². The molecule has 0 spiro atoms. The largest absolute Gasteiger partial charge is 0.493 e. The number of thiophene rings is 1. The number of esters is 1. The van der Waals surface area contributed by atoms with E-state index in [-0.39, 0.29) is 5.97 Å². The lowest BCUT2D eigenvalue weighted by molar-refractivity contribution is 0.0533. The third-order valence-corrected chi connectivity index (χ3v) is 5.86. The summed E-state index contributed by atoms with van der Waals surface area (Å²) in [7, 11) is 0. The second-order valence-corrected chi connectivity index (χ2v) is 7.40. The molecule has 5 heteroatoms. The molecule has 0 saturated carbocycles. The zero-order valence-electron chi connectivity index (χ0n) is 16.8. The highest BCUT2D eigenvalue weighted by Crippen LogP contribution is 2.39. The highest BCUT2D eigenvalue weighted by molar-refractivity contribution is 7.14. The van der Waals surface area contributed by atoms with Crippen LogP contribution >= 0.6 is 11.3 Å². The van der Waals surface area contributed by atoms with Crippen molar-refractivity contribution in [3.63, 3.8) is 0 Å². The normalized spacial score (nSPS) is 10.4. The smallest absolute Gasteiger partial charge is 0.348 e. The highest BCUT2D eigenvalue weighted by atomic mass is 32.1. The first kappa shape index (κ1) is 20.6. The van der Waals surface area contributed by atoms with Crippen molar-refractivity contribution in [2.45, 2.75) is 27.2 Å². The van der Waals surface area contributed by atoms with Gasteiger partial charge in [0.15, 0.2) is 0 Å². The molecular weight excluding hydrogens is 382 g/mol. The Bertz CT molecular complexity index is 1040. The van der Waals surface area contributed by atoms with Gasteiger partial charge in [0.25, 0.3) is 0 Å². The molecule has 0 fully saturated rings. The van der Waals surface area contributed by atoms with Crippen LogP contribution < -0.4 is 4.74 Å². The average Bonchev–Trinajstić information content (AvgIpc) is 3.13. The molecule has 1 heterocycles. The minimum Gasteiger partial charge on any atom is -0.493 e. The van der Waals surface area contributed by atoms with Gasteiger partial charge in [-0.2, -0.15) is 5.26 Å². The topological polar surface area (TPSA) is 59.3 Å². The standard InChI is InChI=1S/C24H23NO3S/c1-4-21-19(15-25)22(23(29-21)24(26)28-6-3)17-13-11-16(12-14-17)18-9-7-8-10-20(18)27-5-2/h7-14H,4-6H2,1-3H3. The van der Waals surface area contributed by atoms with Crippen molar-refractivity contribution in [3.8, 4) is 34.1 Å². The van der Waals surface area contributed by atoms with E-state index in [2.05, 4.69) is 6.07 Å². The van der Waals surface area contributed by atoms with Crippen LogP contribution in [0.2, 0.25) is 0 Å². The number of benzene rings is 2. The van der Waals surface area contributed by atoms with Crippen LogP contribution in [0.5, 0.6) is 5.75 Å². The SMILES string of the molecule is CCOC(=O)c1sc(CC)c(C#N)c1-c1ccc(-c2ccccc2OCC)cc1. The summed E-state index contributed by atoms with van der Waals surface area (Å²) in [5.74, 6) is 0.450. The molecule has 29 heavy (non-hydrogen) atoms. The lowest BCUT2D eigenvalue weighted by atomic mass is 9.97. The molecule has 4 nitrogen and oxygen atoms in total. The Morgan fingerprint density at radius 2 is 1.69 bits per heavy atom. The molecule has 1 aromatic heterocycles. The third kappa shape index (κ3) is 4.18.